The van der Waals surface area contributed by atoms with E-state index in [1.165, 1.54) is 10.9 Å². The third kappa shape index (κ3) is 5.23. The van der Waals surface area contributed by atoms with Crippen molar-refractivity contribution in [3.8, 4) is 17.1 Å². The van der Waals surface area contributed by atoms with Crippen LogP contribution < -0.4 is 0 Å². The highest BCUT2D eigenvalue weighted by atomic mass is 19.4. The first-order chi connectivity index (χ1) is 15.5. The van der Waals surface area contributed by atoms with Gasteiger partial charge in [-0.3, -0.25) is 0 Å². The third-order valence-corrected chi connectivity index (χ3v) is 5.51. The molecule has 33 heavy (non-hydrogen) atoms. The first-order valence-electron chi connectivity index (χ1n) is 10.8. The maximum atomic E-state index is 13.4. The lowest BCUT2D eigenvalue weighted by molar-refractivity contribution is -0.141. The molecule has 0 N–H and O–H groups in total. The predicted octanol–water partition coefficient (Wildman–Crippen LogP) is 6.27. The van der Waals surface area contributed by atoms with E-state index in [2.05, 4.69) is 5.10 Å². The number of furan rings is 1. The van der Waals surface area contributed by atoms with Crippen LogP contribution in [0.4, 0.5) is 18.0 Å². The van der Waals surface area contributed by atoms with E-state index in [-0.39, 0.29) is 17.7 Å². The fourth-order valence-corrected chi connectivity index (χ4v) is 3.95. The van der Waals surface area contributed by atoms with Crippen molar-refractivity contribution in [2.75, 3.05) is 13.1 Å². The molecule has 6 nitrogen and oxygen atoms in total. The summed E-state index contributed by atoms with van der Waals surface area (Å²) in [5.74, 6) is 0.474. The molecule has 3 heterocycles. The van der Waals surface area contributed by atoms with Gasteiger partial charge < -0.3 is 14.1 Å². The molecule has 0 unspecified atom stereocenters. The van der Waals surface area contributed by atoms with Crippen LogP contribution in [0.5, 0.6) is 0 Å². The Balaban J connectivity index is 1.56. The van der Waals surface area contributed by atoms with Crippen molar-refractivity contribution in [1.82, 2.24) is 14.7 Å². The Morgan fingerprint density at radius 3 is 2.42 bits per heavy atom. The summed E-state index contributed by atoms with van der Waals surface area (Å²) in [7, 11) is 0. The van der Waals surface area contributed by atoms with E-state index >= 15 is 0 Å². The topological polar surface area (TPSA) is 60.5 Å². The van der Waals surface area contributed by atoms with Gasteiger partial charge in [0, 0.05) is 19.2 Å². The number of ether oxygens (including phenoxy) is 1. The molecule has 2 aromatic heterocycles. The third-order valence-electron chi connectivity index (χ3n) is 5.51. The van der Waals surface area contributed by atoms with Crippen LogP contribution in [0.1, 0.15) is 50.8 Å². The fourth-order valence-electron chi connectivity index (χ4n) is 3.95. The van der Waals surface area contributed by atoms with Crippen molar-refractivity contribution in [2.24, 2.45) is 0 Å². The summed E-state index contributed by atoms with van der Waals surface area (Å²) in [6.07, 6.45) is -2.01. The number of hydrogen-bond donors (Lipinski definition) is 0. The molecular weight excluding hydrogens is 435 g/mol. The molecular formula is C24H26F3N3O3. The number of halogens is 3. The number of piperidine rings is 1. The molecule has 0 spiro atoms. The number of amides is 1. The Bertz CT molecular complexity index is 1110. The van der Waals surface area contributed by atoms with Gasteiger partial charge in [0.1, 0.15) is 11.3 Å². The van der Waals surface area contributed by atoms with Crippen LogP contribution in [-0.2, 0) is 10.9 Å². The summed E-state index contributed by atoms with van der Waals surface area (Å²) in [4.78, 5) is 14.0. The molecule has 4 rings (SSSR count). The minimum atomic E-state index is -4.57. The summed E-state index contributed by atoms with van der Waals surface area (Å²) < 4.78 is 52.2. The standard InChI is InChI=1S/C24H26F3N3O3/c1-23(2,3)33-22(31)29-11-9-16(10-12-29)17-6-4-7-18(14-17)30-19(20-8-5-13-32-20)15-21(28-30)24(25,26)27/h4-8,13-16H,9-12H2,1-3H3. The average Bonchev–Trinajstić information content (AvgIpc) is 3.42. The molecule has 3 aromatic rings. The lowest BCUT2D eigenvalue weighted by atomic mass is 9.89. The number of benzene rings is 1. The molecule has 0 aliphatic carbocycles. The molecule has 1 aromatic carbocycles. The first-order valence-corrected chi connectivity index (χ1v) is 10.8. The van der Waals surface area contributed by atoms with E-state index in [4.69, 9.17) is 9.15 Å². The van der Waals surface area contributed by atoms with Crippen molar-refractivity contribution < 1.29 is 27.1 Å². The van der Waals surface area contributed by atoms with Crippen LogP contribution in [0, 0.1) is 0 Å². The van der Waals surface area contributed by atoms with Crippen LogP contribution >= 0.6 is 0 Å². The van der Waals surface area contributed by atoms with Crippen molar-refractivity contribution in [1.29, 1.82) is 0 Å². The maximum absolute atomic E-state index is 13.4. The van der Waals surface area contributed by atoms with Gasteiger partial charge >= 0.3 is 12.3 Å². The van der Waals surface area contributed by atoms with Crippen LogP contribution in [0.2, 0.25) is 0 Å². The van der Waals surface area contributed by atoms with Gasteiger partial charge in [0.05, 0.1) is 12.0 Å². The Morgan fingerprint density at radius 1 is 1.09 bits per heavy atom. The number of aromatic nitrogens is 2. The molecule has 0 saturated carbocycles. The van der Waals surface area contributed by atoms with Crippen LogP contribution in [0.15, 0.2) is 53.1 Å². The molecule has 1 amide bonds. The summed E-state index contributed by atoms with van der Waals surface area (Å²) >= 11 is 0. The number of hydrogen-bond acceptors (Lipinski definition) is 4. The van der Waals surface area contributed by atoms with E-state index in [0.29, 0.717) is 24.5 Å². The monoisotopic (exact) mass is 461 g/mol. The minimum absolute atomic E-state index is 0.174. The van der Waals surface area contributed by atoms with E-state index in [9.17, 15) is 18.0 Å². The Kier molecular flexibility index (Phi) is 5.99. The van der Waals surface area contributed by atoms with Crippen molar-refractivity contribution >= 4 is 6.09 Å². The maximum Gasteiger partial charge on any atom is 0.435 e. The van der Waals surface area contributed by atoms with E-state index in [1.807, 2.05) is 39.0 Å². The molecule has 9 heteroatoms. The summed E-state index contributed by atoms with van der Waals surface area (Å²) in [6, 6.07) is 11.6. The van der Waals surface area contributed by atoms with Crippen molar-refractivity contribution in [2.45, 2.75) is 51.3 Å². The second-order valence-electron chi connectivity index (χ2n) is 9.14. The number of nitrogens with zero attached hydrogens (tertiary/aromatic N) is 3. The number of carbonyl (C=O) groups is 1. The van der Waals surface area contributed by atoms with Crippen LogP contribution in [0.25, 0.3) is 17.1 Å². The number of likely N-dealkylation sites (tertiary alicyclic amines) is 1. The molecule has 1 aliphatic rings. The molecule has 0 atom stereocenters. The van der Waals surface area contributed by atoms with Crippen LogP contribution in [0.3, 0.4) is 0 Å². The Hall–Kier alpha value is -3.23. The van der Waals surface area contributed by atoms with Gasteiger partial charge in [-0.05, 0) is 69.4 Å². The number of rotatable bonds is 3. The van der Waals surface area contributed by atoms with Gasteiger partial charge in [-0.25, -0.2) is 9.48 Å². The molecule has 1 fully saturated rings. The zero-order chi connectivity index (χ0) is 23.8. The molecule has 0 bridgehead atoms. The quantitative estimate of drug-likeness (QED) is 0.462. The smallest absolute Gasteiger partial charge is 0.435 e. The number of alkyl halides is 3. The van der Waals surface area contributed by atoms with E-state index in [1.54, 1.807) is 23.1 Å². The summed E-state index contributed by atoms with van der Waals surface area (Å²) in [5, 5.41) is 3.83. The summed E-state index contributed by atoms with van der Waals surface area (Å²) in [6.45, 7) is 6.61. The fraction of sp³-hybridized carbons (Fsp3) is 0.417. The lowest BCUT2D eigenvalue weighted by Crippen LogP contribution is -2.41. The Labute approximate surface area is 189 Å². The Morgan fingerprint density at radius 2 is 1.82 bits per heavy atom. The van der Waals surface area contributed by atoms with Gasteiger partial charge in [-0.2, -0.15) is 18.3 Å². The van der Waals surface area contributed by atoms with Crippen molar-refractivity contribution in [3.63, 3.8) is 0 Å². The van der Waals surface area contributed by atoms with Gasteiger partial charge in [-0.1, -0.05) is 12.1 Å². The first kappa shape index (κ1) is 22.9. The molecule has 0 radical (unpaired) electrons. The molecule has 176 valence electrons. The highest BCUT2D eigenvalue weighted by Crippen LogP contribution is 2.35. The van der Waals surface area contributed by atoms with Crippen molar-refractivity contribution in [3.05, 3.63) is 60.0 Å². The van der Waals surface area contributed by atoms with Gasteiger partial charge in [0.15, 0.2) is 11.5 Å². The summed E-state index contributed by atoms with van der Waals surface area (Å²) in [5.41, 5.74) is 0.205. The zero-order valence-electron chi connectivity index (χ0n) is 18.7. The largest absolute Gasteiger partial charge is 0.463 e. The van der Waals surface area contributed by atoms with E-state index in [0.717, 1.165) is 24.5 Å². The number of carbonyl (C=O) groups excluding carboxylic acids is 1. The van der Waals surface area contributed by atoms with Gasteiger partial charge in [0.25, 0.3) is 0 Å². The van der Waals surface area contributed by atoms with E-state index < -0.39 is 17.5 Å². The second-order valence-corrected chi connectivity index (χ2v) is 9.14. The van der Waals surface area contributed by atoms with Crippen LogP contribution in [-0.4, -0.2) is 39.5 Å². The zero-order valence-corrected chi connectivity index (χ0v) is 18.7. The minimum Gasteiger partial charge on any atom is -0.463 e. The lowest BCUT2D eigenvalue weighted by Gasteiger charge is -2.33. The van der Waals surface area contributed by atoms with Gasteiger partial charge in [-0.15, -0.1) is 0 Å². The molecule has 1 saturated heterocycles. The second kappa shape index (κ2) is 8.61. The predicted molar refractivity (Wildman–Crippen MR) is 116 cm³/mol. The SMILES string of the molecule is CC(C)(C)OC(=O)N1CCC(c2cccc(-n3nc(C(F)(F)F)cc3-c3ccco3)c2)CC1. The normalized spacial score (nSPS) is 15.6. The average molecular weight is 461 g/mol. The van der Waals surface area contributed by atoms with Gasteiger partial charge in [0.2, 0.25) is 0 Å². The highest BCUT2D eigenvalue weighted by Gasteiger charge is 2.36. The highest BCUT2D eigenvalue weighted by molar-refractivity contribution is 5.68. The molecule has 1 aliphatic heterocycles.